The van der Waals surface area contributed by atoms with E-state index in [1.165, 1.54) is 12.8 Å². The van der Waals surface area contributed by atoms with Crippen molar-refractivity contribution in [3.63, 3.8) is 0 Å². The van der Waals surface area contributed by atoms with Crippen LogP contribution in [0.25, 0.3) is 0 Å². The van der Waals surface area contributed by atoms with Crippen LogP contribution in [0.1, 0.15) is 44.9 Å². The number of likely N-dealkylation sites (tertiary alicyclic amines) is 1. The van der Waals surface area contributed by atoms with Gasteiger partial charge < -0.3 is 14.8 Å². The van der Waals surface area contributed by atoms with Gasteiger partial charge in [-0.2, -0.15) is 0 Å². The van der Waals surface area contributed by atoms with Gasteiger partial charge >= 0.3 is 0 Å². The molecule has 5 nitrogen and oxygen atoms in total. The third kappa shape index (κ3) is 5.60. The molecule has 3 heterocycles. The predicted molar refractivity (Wildman–Crippen MR) is 106 cm³/mol. The van der Waals surface area contributed by atoms with E-state index in [9.17, 15) is 4.79 Å². The Morgan fingerprint density at radius 3 is 2.68 bits per heavy atom. The average Bonchev–Trinajstić information content (AvgIpc) is 3.18. The molecule has 7 heteroatoms. The van der Waals surface area contributed by atoms with Gasteiger partial charge in [-0.3, -0.25) is 4.79 Å². The lowest BCUT2D eigenvalue weighted by atomic mass is 9.84. The Kier molecular flexibility index (Phi) is 9.25. The zero-order valence-electron chi connectivity index (χ0n) is 15.3. The first kappa shape index (κ1) is 22.3. The van der Waals surface area contributed by atoms with Crippen molar-refractivity contribution < 1.29 is 4.79 Å². The molecule has 0 radical (unpaired) electrons. The van der Waals surface area contributed by atoms with Crippen LogP contribution in [-0.4, -0.2) is 46.0 Å². The van der Waals surface area contributed by atoms with Gasteiger partial charge in [0.05, 0.1) is 0 Å². The maximum Gasteiger partial charge on any atom is 0.223 e. The van der Waals surface area contributed by atoms with Gasteiger partial charge in [0.15, 0.2) is 0 Å². The van der Waals surface area contributed by atoms with E-state index in [4.69, 9.17) is 0 Å². The Balaban J connectivity index is 0.00000156. The molecule has 2 aliphatic rings. The highest BCUT2D eigenvalue weighted by Gasteiger charge is 2.31. The molecule has 1 aromatic heterocycles. The minimum Gasteiger partial charge on any atom is -0.338 e. The van der Waals surface area contributed by atoms with E-state index < -0.39 is 0 Å². The summed E-state index contributed by atoms with van der Waals surface area (Å²) in [5, 5.41) is 3.41. The molecule has 2 atom stereocenters. The standard InChI is InChI=1S/C18H30N4O.2ClH/c1-14(16-5-7-19-8-6-16)12-18(23)22-10-3-4-17(22)13-21-11-9-20-15(21)2;;/h9,11,14,16-17,19H,3-8,10,12-13H2,1-2H3;2*1H. The fraction of sp³-hybridized carbons (Fsp3) is 0.778. The van der Waals surface area contributed by atoms with Crippen molar-refractivity contribution >= 4 is 30.7 Å². The first-order valence-electron chi connectivity index (χ1n) is 9.13. The number of amides is 1. The molecule has 2 unspecified atom stereocenters. The third-order valence-electron chi connectivity index (χ3n) is 5.71. The Bertz CT molecular complexity index is 531. The lowest BCUT2D eigenvalue weighted by molar-refractivity contribution is -0.133. The quantitative estimate of drug-likeness (QED) is 0.840. The number of nitrogens with zero attached hydrogens (tertiary/aromatic N) is 3. The number of carbonyl (C=O) groups excluding carboxylic acids is 1. The van der Waals surface area contributed by atoms with Crippen molar-refractivity contribution in [3.05, 3.63) is 18.2 Å². The maximum absolute atomic E-state index is 12.8. The number of aromatic nitrogens is 2. The van der Waals surface area contributed by atoms with Crippen LogP contribution < -0.4 is 5.32 Å². The molecule has 144 valence electrons. The van der Waals surface area contributed by atoms with Gasteiger partial charge in [0.2, 0.25) is 5.91 Å². The van der Waals surface area contributed by atoms with Crippen LogP contribution in [-0.2, 0) is 11.3 Å². The van der Waals surface area contributed by atoms with Crippen LogP contribution >= 0.6 is 24.8 Å². The monoisotopic (exact) mass is 390 g/mol. The van der Waals surface area contributed by atoms with Crippen molar-refractivity contribution in [2.24, 2.45) is 11.8 Å². The number of rotatable bonds is 5. The second kappa shape index (κ2) is 10.4. The molecule has 0 aromatic carbocycles. The van der Waals surface area contributed by atoms with E-state index in [1.54, 1.807) is 0 Å². The van der Waals surface area contributed by atoms with E-state index in [0.29, 0.717) is 30.2 Å². The van der Waals surface area contributed by atoms with Crippen LogP contribution in [0, 0.1) is 18.8 Å². The molecule has 2 aliphatic heterocycles. The molecule has 1 amide bonds. The van der Waals surface area contributed by atoms with Gasteiger partial charge in [0.25, 0.3) is 0 Å². The number of halogens is 2. The van der Waals surface area contributed by atoms with E-state index >= 15 is 0 Å². The number of hydrogen-bond acceptors (Lipinski definition) is 3. The van der Waals surface area contributed by atoms with Gasteiger partial charge in [-0.1, -0.05) is 6.92 Å². The smallest absolute Gasteiger partial charge is 0.223 e. The summed E-state index contributed by atoms with van der Waals surface area (Å²) in [4.78, 5) is 19.2. The van der Waals surface area contributed by atoms with Gasteiger partial charge in [-0.05, 0) is 57.5 Å². The summed E-state index contributed by atoms with van der Waals surface area (Å²) in [6.45, 7) is 8.32. The molecule has 0 saturated carbocycles. The number of imidazole rings is 1. The van der Waals surface area contributed by atoms with Crippen molar-refractivity contribution in [3.8, 4) is 0 Å². The molecular formula is C18H32Cl2N4O. The molecule has 0 spiro atoms. The first-order valence-corrected chi connectivity index (χ1v) is 9.13. The van der Waals surface area contributed by atoms with Gasteiger partial charge in [-0.15, -0.1) is 24.8 Å². The zero-order chi connectivity index (χ0) is 16.2. The lowest BCUT2D eigenvalue weighted by Crippen LogP contribution is -2.40. The van der Waals surface area contributed by atoms with Crippen LogP contribution in [0.5, 0.6) is 0 Å². The fourth-order valence-electron chi connectivity index (χ4n) is 4.15. The van der Waals surface area contributed by atoms with Gasteiger partial charge in [0, 0.05) is 37.9 Å². The minimum atomic E-state index is 0. The Hall–Kier alpha value is -0.780. The summed E-state index contributed by atoms with van der Waals surface area (Å²) < 4.78 is 2.17. The first-order chi connectivity index (χ1) is 11.1. The van der Waals surface area contributed by atoms with Crippen molar-refractivity contribution in [1.82, 2.24) is 19.8 Å². The Morgan fingerprint density at radius 1 is 1.32 bits per heavy atom. The largest absolute Gasteiger partial charge is 0.338 e. The Morgan fingerprint density at radius 2 is 2.04 bits per heavy atom. The summed E-state index contributed by atoms with van der Waals surface area (Å²) in [5.41, 5.74) is 0. The van der Waals surface area contributed by atoms with E-state index in [1.807, 2.05) is 19.3 Å². The average molecular weight is 391 g/mol. The number of carbonyl (C=O) groups is 1. The molecule has 0 aliphatic carbocycles. The molecule has 25 heavy (non-hydrogen) atoms. The molecule has 1 N–H and O–H groups in total. The summed E-state index contributed by atoms with van der Waals surface area (Å²) in [6.07, 6.45) is 9.25. The third-order valence-corrected chi connectivity index (χ3v) is 5.71. The van der Waals surface area contributed by atoms with Crippen LogP contribution in [0.15, 0.2) is 12.4 Å². The van der Waals surface area contributed by atoms with E-state index in [-0.39, 0.29) is 24.8 Å². The second-order valence-electron chi connectivity index (χ2n) is 7.28. The molecule has 0 bridgehead atoms. The van der Waals surface area contributed by atoms with Gasteiger partial charge in [-0.25, -0.2) is 4.98 Å². The van der Waals surface area contributed by atoms with Crippen molar-refractivity contribution in [1.29, 1.82) is 0 Å². The fourth-order valence-corrected chi connectivity index (χ4v) is 4.15. The number of aryl methyl sites for hydroxylation is 1. The normalized spacial score (nSPS) is 22.2. The van der Waals surface area contributed by atoms with Crippen LogP contribution in [0.4, 0.5) is 0 Å². The number of nitrogens with one attached hydrogen (secondary N) is 1. The minimum absolute atomic E-state index is 0. The second-order valence-corrected chi connectivity index (χ2v) is 7.28. The molecule has 1 aromatic rings. The van der Waals surface area contributed by atoms with E-state index in [2.05, 4.69) is 26.7 Å². The number of piperidine rings is 1. The van der Waals surface area contributed by atoms with E-state index in [0.717, 1.165) is 44.8 Å². The summed E-state index contributed by atoms with van der Waals surface area (Å²) in [5.74, 6) is 2.60. The highest BCUT2D eigenvalue weighted by molar-refractivity contribution is 5.85. The van der Waals surface area contributed by atoms with Crippen molar-refractivity contribution in [2.45, 2.75) is 58.5 Å². The molecule has 3 rings (SSSR count). The molecule has 2 saturated heterocycles. The molecular weight excluding hydrogens is 359 g/mol. The summed E-state index contributed by atoms with van der Waals surface area (Å²) in [7, 11) is 0. The highest BCUT2D eigenvalue weighted by atomic mass is 35.5. The SMILES string of the molecule is Cc1nccn1CC1CCCN1C(=O)CC(C)C1CCNCC1.Cl.Cl. The highest BCUT2D eigenvalue weighted by Crippen LogP contribution is 2.27. The zero-order valence-corrected chi connectivity index (χ0v) is 17.0. The van der Waals surface area contributed by atoms with Gasteiger partial charge in [0.1, 0.15) is 5.82 Å². The lowest BCUT2D eigenvalue weighted by Gasteiger charge is -2.31. The predicted octanol–water partition coefficient (Wildman–Crippen LogP) is 3.05. The topological polar surface area (TPSA) is 50.2 Å². The number of hydrogen-bond donors (Lipinski definition) is 1. The Labute approximate surface area is 163 Å². The van der Waals surface area contributed by atoms with Crippen LogP contribution in [0.3, 0.4) is 0 Å². The van der Waals surface area contributed by atoms with Crippen LogP contribution in [0.2, 0.25) is 0 Å². The summed E-state index contributed by atoms with van der Waals surface area (Å²) in [6, 6.07) is 0.343. The maximum atomic E-state index is 12.8. The summed E-state index contributed by atoms with van der Waals surface area (Å²) >= 11 is 0. The van der Waals surface area contributed by atoms with Crippen molar-refractivity contribution in [2.75, 3.05) is 19.6 Å². The molecule has 2 fully saturated rings.